The molecule has 0 radical (unpaired) electrons. The van der Waals surface area contributed by atoms with Crippen LogP contribution in [0, 0.1) is 18.3 Å². The number of likely N-dealkylation sites (tertiary alicyclic amines) is 1. The number of carbonyl (C=O) groups excluding carboxylic acids is 1. The van der Waals surface area contributed by atoms with Crippen LogP contribution in [0.2, 0.25) is 0 Å². The first-order valence-electron chi connectivity index (χ1n) is 10.1. The Kier molecular flexibility index (Phi) is 4.43. The van der Waals surface area contributed by atoms with Gasteiger partial charge in [0.2, 0.25) is 0 Å². The monoisotopic (exact) mass is 399 g/mol. The van der Waals surface area contributed by atoms with Crippen molar-refractivity contribution in [1.29, 1.82) is 5.26 Å². The average Bonchev–Trinajstić information content (AvgIpc) is 3.39. The van der Waals surface area contributed by atoms with Gasteiger partial charge >= 0.3 is 0 Å². The van der Waals surface area contributed by atoms with Gasteiger partial charge in [0.05, 0.1) is 35.3 Å². The van der Waals surface area contributed by atoms with Gasteiger partial charge in [0.25, 0.3) is 5.91 Å². The van der Waals surface area contributed by atoms with Gasteiger partial charge < -0.3 is 9.80 Å². The van der Waals surface area contributed by atoms with Crippen molar-refractivity contribution in [3.63, 3.8) is 0 Å². The van der Waals surface area contributed by atoms with E-state index in [1.54, 1.807) is 18.5 Å². The number of benzene rings is 1. The lowest BCUT2D eigenvalue weighted by Gasteiger charge is -2.42. The van der Waals surface area contributed by atoms with Crippen molar-refractivity contribution < 1.29 is 4.79 Å². The molecule has 1 aromatic carbocycles. The molecule has 5 rings (SSSR count). The Hall–Kier alpha value is -3.73. The number of piperazine rings is 1. The maximum Gasteiger partial charge on any atom is 0.256 e. The zero-order valence-corrected chi connectivity index (χ0v) is 16.6. The summed E-state index contributed by atoms with van der Waals surface area (Å²) in [5.74, 6) is 0.835. The molecule has 150 valence electrons. The van der Waals surface area contributed by atoms with Gasteiger partial charge in [-0.05, 0) is 44.0 Å². The molecule has 2 saturated heterocycles. The van der Waals surface area contributed by atoms with Crippen LogP contribution in [-0.4, -0.2) is 56.0 Å². The number of para-hydroxylation sites is 1. The van der Waals surface area contributed by atoms with Gasteiger partial charge in [-0.1, -0.05) is 12.1 Å². The number of aryl methyl sites for hydroxylation is 1. The number of pyridine rings is 1. The molecule has 2 aliphatic heterocycles. The van der Waals surface area contributed by atoms with Gasteiger partial charge in [-0.25, -0.2) is 4.98 Å². The Morgan fingerprint density at radius 3 is 2.50 bits per heavy atom. The second kappa shape index (κ2) is 7.26. The number of hydrogen-bond acceptors (Lipinski definition) is 6. The Balaban J connectivity index is 1.42. The average molecular weight is 399 g/mol. The highest BCUT2D eigenvalue weighted by Crippen LogP contribution is 2.35. The first kappa shape index (κ1) is 18.3. The number of nitriles is 1. The van der Waals surface area contributed by atoms with Gasteiger partial charge in [0, 0.05) is 30.9 Å². The summed E-state index contributed by atoms with van der Waals surface area (Å²) >= 11 is 0. The topological polar surface area (TPSA) is 90.9 Å². The van der Waals surface area contributed by atoms with Gasteiger partial charge in [0.1, 0.15) is 5.82 Å². The van der Waals surface area contributed by atoms with Crippen LogP contribution in [0.4, 0.5) is 5.82 Å². The number of amides is 1. The fourth-order valence-electron chi connectivity index (χ4n) is 4.63. The largest absolute Gasteiger partial charge is 0.347 e. The Morgan fingerprint density at radius 1 is 1.10 bits per heavy atom. The van der Waals surface area contributed by atoms with Crippen molar-refractivity contribution in [3.8, 4) is 11.8 Å². The van der Waals surface area contributed by atoms with Crippen molar-refractivity contribution in [3.05, 3.63) is 65.6 Å². The summed E-state index contributed by atoms with van der Waals surface area (Å²) in [4.78, 5) is 23.8. The minimum absolute atomic E-state index is 0.00522. The Labute approximate surface area is 174 Å². The van der Waals surface area contributed by atoms with Gasteiger partial charge in [-0.3, -0.25) is 4.79 Å². The first-order chi connectivity index (χ1) is 14.6. The highest BCUT2D eigenvalue weighted by Gasteiger charge is 2.42. The molecule has 0 aliphatic carbocycles. The normalized spacial score (nSPS) is 20.3. The summed E-state index contributed by atoms with van der Waals surface area (Å²) in [6.07, 6.45) is 5.22. The van der Waals surface area contributed by atoms with E-state index in [-0.39, 0.29) is 18.0 Å². The first-order valence-corrected chi connectivity index (χ1v) is 10.1. The third-order valence-electron chi connectivity index (χ3n) is 5.87. The molecule has 0 N–H and O–H groups in total. The summed E-state index contributed by atoms with van der Waals surface area (Å²) < 4.78 is 0. The van der Waals surface area contributed by atoms with Crippen LogP contribution in [0.25, 0.3) is 5.69 Å². The van der Waals surface area contributed by atoms with E-state index in [0.717, 1.165) is 24.4 Å². The van der Waals surface area contributed by atoms with Crippen LogP contribution in [-0.2, 0) is 0 Å². The van der Waals surface area contributed by atoms with E-state index in [1.165, 1.54) is 4.80 Å². The van der Waals surface area contributed by atoms with Crippen LogP contribution in [0.1, 0.15) is 34.5 Å². The van der Waals surface area contributed by atoms with Gasteiger partial charge in [0.15, 0.2) is 0 Å². The molecule has 2 atom stereocenters. The molecule has 8 nitrogen and oxygen atoms in total. The summed E-state index contributed by atoms with van der Waals surface area (Å²) in [6.45, 7) is 3.17. The standard InChI is InChI=1S/C22H21N7O/c1-15-10-16(12-23)11-21(26-15)28-17-6-7-18(28)14-27(13-17)22(30)19-4-2-3-5-20(19)29-24-8-9-25-29/h2-5,8-11,17-18H,6-7,13-14H2,1H3. The lowest BCUT2D eigenvalue weighted by Crippen LogP contribution is -2.55. The number of nitrogens with zero attached hydrogens (tertiary/aromatic N) is 7. The number of anilines is 1. The highest BCUT2D eigenvalue weighted by molar-refractivity contribution is 5.98. The van der Waals surface area contributed by atoms with Gasteiger partial charge in [-0.2, -0.15) is 20.3 Å². The molecule has 2 aliphatic rings. The lowest BCUT2D eigenvalue weighted by atomic mass is 10.1. The van der Waals surface area contributed by atoms with Crippen molar-refractivity contribution >= 4 is 11.7 Å². The van der Waals surface area contributed by atoms with E-state index in [9.17, 15) is 10.1 Å². The van der Waals surface area contributed by atoms with E-state index in [4.69, 9.17) is 0 Å². The van der Waals surface area contributed by atoms with Crippen molar-refractivity contribution in [1.82, 2.24) is 24.9 Å². The third-order valence-corrected chi connectivity index (χ3v) is 5.87. The molecule has 2 unspecified atom stereocenters. The molecule has 8 heteroatoms. The van der Waals surface area contributed by atoms with E-state index < -0.39 is 0 Å². The van der Waals surface area contributed by atoms with Crippen LogP contribution in [0.3, 0.4) is 0 Å². The van der Waals surface area contributed by atoms with E-state index in [2.05, 4.69) is 26.2 Å². The lowest BCUT2D eigenvalue weighted by molar-refractivity contribution is 0.0717. The molecule has 0 saturated carbocycles. The predicted molar refractivity (Wildman–Crippen MR) is 110 cm³/mol. The second-order valence-electron chi connectivity index (χ2n) is 7.81. The quantitative estimate of drug-likeness (QED) is 0.671. The fourth-order valence-corrected chi connectivity index (χ4v) is 4.63. The highest BCUT2D eigenvalue weighted by atomic mass is 16.2. The number of fused-ring (bicyclic) bond motifs is 2. The van der Waals surface area contributed by atoms with Crippen molar-refractivity contribution in [2.24, 2.45) is 0 Å². The number of carbonyl (C=O) groups is 1. The predicted octanol–water partition coefficient (Wildman–Crippen LogP) is 2.34. The Morgan fingerprint density at radius 2 is 1.80 bits per heavy atom. The minimum atomic E-state index is -0.00522. The van der Waals surface area contributed by atoms with Gasteiger partial charge in [-0.15, -0.1) is 0 Å². The zero-order chi connectivity index (χ0) is 20.7. The molecule has 1 amide bonds. The van der Waals surface area contributed by atoms with E-state index in [0.29, 0.717) is 29.9 Å². The summed E-state index contributed by atoms with van der Waals surface area (Å²) in [6, 6.07) is 13.7. The second-order valence-corrected chi connectivity index (χ2v) is 7.81. The molecule has 2 aromatic heterocycles. The minimum Gasteiger partial charge on any atom is -0.347 e. The molecule has 2 bridgehead atoms. The van der Waals surface area contributed by atoms with Crippen LogP contribution >= 0.6 is 0 Å². The number of rotatable bonds is 3. The molecule has 4 heterocycles. The fraction of sp³-hybridized carbons (Fsp3) is 0.318. The van der Waals surface area contributed by atoms with Crippen molar-refractivity contribution in [2.75, 3.05) is 18.0 Å². The zero-order valence-electron chi connectivity index (χ0n) is 16.6. The molecule has 30 heavy (non-hydrogen) atoms. The molecular weight excluding hydrogens is 378 g/mol. The Bertz CT molecular complexity index is 1120. The van der Waals surface area contributed by atoms with Crippen LogP contribution in [0.15, 0.2) is 48.8 Å². The molecule has 0 spiro atoms. The van der Waals surface area contributed by atoms with Crippen LogP contribution in [0.5, 0.6) is 0 Å². The smallest absolute Gasteiger partial charge is 0.256 e. The maximum atomic E-state index is 13.4. The summed E-state index contributed by atoms with van der Waals surface area (Å²) in [7, 11) is 0. The number of aromatic nitrogens is 4. The SMILES string of the molecule is Cc1cc(C#N)cc(N2C3CCC2CN(C(=O)c2ccccc2-n2nccn2)C3)n1. The van der Waals surface area contributed by atoms with Crippen molar-refractivity contribution in [2.45, 2.75) is 31.8 Å². The third kappa shape index (κ3) is 3.08. The summed E-state index contributed by atoms with van der Waals surface area (Å²) in [5.41, 5.74) is 2.74. The number of hydrogen-bond donors (Lipinski definition) is 0. The molecular formula is C22H21N7O. The molecule has 3 aromatic rings. The van der Waals surface area contributed by atoms with E-state index >= 15 is 0 Å². The maximum absolute atomic E-state index is 13.4. The van der Waals surface area contributed by atoms with E-state index in [1.807, 2.05) is 42.2 Å². The molecule has 2 fully saturated rings. The van der Waals surface area contributed by atoms with Crippen LogP contribution < -0.4 is 4.90 Å². The summed E-state index contributed by atoms with van der Waals surface area (Å²) in [5, 5.41) is 17.7.